The van der Waals surface area contributed by atoms with Crippen molar-refractivity contribution in [3.05, 3.63) is 58.6 Å². The minimum atomic E-state index is 0.0110. The predicted molar refractivity (Wildman–Crippen MR) is 79.3 cm³/mol. The van der Waals surface area contributed by atoms with E-state index in [2.05, 4.69) is 36.3 Å². The highest BCUT2D eigenvalue weighted by molar-refractivity contribution is 7.99. The van der Waals surface area contributed by atoms with E-state index in [1.165, 1.54) is 5.56 Å². The molecule has 0 spiro atoms. The first-order valence-electron chi connectivity index (χ1n) is 5.62. The number of aryl methyl sites for hydroxylation is 1. The summed E-state index contributed by atoms with van der Waals surface area (Å²) in [6.07, 6.45) is 0. The number of nitrogens with zero attached hydrogens (tertiary/aromatic N) is 1. The lowest BCUT2D eigenvalue weighted by atomic mass is 10.2. The van der Waals surface area contributed by atoms with Gasteiger partial charge in [0.1, 0.15) is 0 Å². The minimum absolute atomic E-state index is 0.0110. The van der Waals surface area contributed by atoms with Gasteiger partial charge in [-0.2, -0.15) is 0 Å². The average Bonchev–Trinajstić information content (AvgIpc) is 2.41. The predicted octanol–water partition coefficient (Wildman–Crippen LogP) is 3.89. The third-order valence-electron chi connectivity index (χ3n) is 2.58. The van der Waals surface area contributed by atoms with Crippen molar-refractivity contribution < 1.29 is 5.21 Å². The van der Waals surface area contributed by atoms with Gasteiger partial charge >= 0.3 is 0 Å². The van der Waals surface area contributed by atoms with Crippen LogP contribution in [0.25, 0.3) is 0 Å². The Morgan fingerprint density at radius 1 is 1.16 bits per heavy atom. The molecule has 98 valence electrons. The highest BCUT2D eigenvalue weighted by Crippen LogP contribution is 2.30. The lowest BCUT2D eigenvalue weighted by molar-refractivity contribution is 0.318. The van der Waals surface area contributed by atoms with Crippen molar-refractivity contribution in [3.8, 4) is 0 Å². The fourth-order valence-corrected chi connectivity index (χ4v) is 2.76. The molecular weight excluding hydrogens is 280 g/mol. The van der Waals surface area contributed by atoms with Gasteiger partial charge in [-0.05, 0) is 37.3 Å². The van der Waals surface area contributed by atoms with Crippen molar-refractivity contribution in [1.29, 1.82) is 0 Å². The molecule has 3 N–H and O–H groups in total. The lowest BCUT2D eigenvalue weighted by Gasteiger charge is -2.06. The molecule has 2 rings (SSSR count). The molecule has 19 heavy (non-hydrogen) atoms. The highest BCUT2D eigenvalue weighted by Gasteiger charge is 2.07. The van der Waals surface area contributed by atoms with Crippen LogP contribution in [0.3, 0.4) is 0 Å². The van der Waals surface area contributed by atoms with Gasteiger partial charge in [0.05, 0.1) is 5.02 Å². The van der Waals surface area contributed by atoms with Crippen molar-refractivity contribution >= 4 is 29.2 Å². The maximum absolute atomic E-state index is 8.64. The third kappa shape index (κ3) is 3.43. The quantitative estimate of drug-likeness (QED) is 0.390. The van der Waals surface area contributed by atoms with Gasteiger partial charge in [0.15, 0.2) is 5.84 Å². The van der Waals surface area contributed by atoms with Gasteiger partial charge in [-0.3, -0.25) is 0 Å². The van der Waals surface area contributed by atoms with Crippen LogP contribution in [0, 0.1) is 6.92 Å². The van der Waals surface area contributed by atoms with Crippen molar-refractivity contribution in [2.45, 2.75) is 16.7 Å². The molecule has 0 saturated heterocycles. The summed E-state index contributed by atoms with van der Waals surface area (Å²) in [5.74, 6) is 0.0110. The highest BCUT2D eigenvalue weighted by atomic mass is 35.5. The van der Waals surface area contributed by atoms with Gasteiger partial charge < -0.3 is 10.9 Å². The first-order chi connectivity index (χ1) is 9.10. The van der Waals surface area contributed by atoms with Crippen LogP contribution >= 0.6 is 23.4 Å². The summed E-state index contributed by atoms with van der Waals surface area (Å²) in [6, 6.07) is 13.7. The Kier molecular flexibility index (Phi) is 4.35. The van der Waals surface area contributed by atoms with E-state index in [-0.39, 0.29) is 5.84 Å². The monoisotopic (exact) mass is 292 g/mol. The smallest absolute Gasteiger partial charge is 0.171 e. The van der Waals surface area contributed by atoms with Crippen molar-refractivity contribution in [3.63, 3.8) is 0 Å². The zero-order valence-electron chi connectivity index (χ0n) is 10.3. The number of amidine groups is 1. The molecule has 0 amide bonds. The molecule has 2 aromatic carbocycles. The Bertz CT molecular complexity index is 611. The Labute approximate surface area is 121 Å². The molecule has 0 aromatic heterocycles. The van der Waals surface area contributed by atoms with Gasteiger partial charge in [0.2, 0.25) is 0 Å². The molecular formula is C14H13ClN2OS. The second kappa shape index (κ2) is 5.99. The van der Waals surface area contributed by atoms with Crippen molar-refractivity contribution in [2.24, 2.45) is 10.9 Å². The van der Waals surface area contributed by atoms with Crippen LogP contribution in [0.5, 0.6) is 0 Å². The molecule has 0 saturated carbocycles. The minimum Gasteiger partial charge on any atom is -0.409 e. The van der Waals surface area contributed by atoms with Crippen molar-refractivity contribution in [1.82, 2.24) is 0 Å². The Hall–Kier alpha value is -1.65. The average molecular weight is 293 g/mol. The van der Waals surface area contributed by atoms with Gasteiger partial charge in [0.25, 0.3) is 0 Å². The molecule has 0 radical (unpaired) electrons. The van der Waals surface area contributed by atoms with Gasteiger partial charge in [-0.25, -0.2) is 0 Å². The van der Waals surface area contributed by atoms with Gasteiger partial charge in [-0.15, -0.1) is 0 Å². The van der Waals surface area contributed by atoms with Crippen LogP contribution in [0.15, 0.2) is 57.4 Å². The molecule has 0 unspecified atom stereocenters. The second-order valence-corrected chi connectivity index (χ2v) is 5.60. The largest absolute Gasteiger partial charge is 0.409 e. The fourth-order valence-electron chi connectivity index (χ4n) is 1.56. The topological polar surface area (TPSA) is 58.6 Å². The molecule has 0 aliphatic rings. The Balaban J connectivity index is 2.23. The van der Waals surface area contributed by atoms with E-state index in [4.69, 9.17) is 22.5 Å². The number of halogens is 1. The Morgan fingerprint density at radius 3 is 2.37 bits per heavy atom. The molecule has 0 fully saturated rings. The SMILES string of the molecule is Cc1ccc(Sc2ccc(C(N)=NO)c(Cl)c2)cc1. The van der Waals surface area contributed by atoms with Crippen LogP contribution in [0.1, 0.15) is 11.1 Å². The summed E-state index contributed by atoms with van der Waals surface area (Å²) in [5.41, 5.74) is 7.28. The lowest BCUT2D eigenvalue weighted by Crippen LogP contribution is -2.13. The first kappa shape index (κ1) is 13.8. The molecule has 0 bridgehead atoms. The zero-order chi connectivity index (χ0) is 13.8. The third-order valence-corrected chi connectivity index (χ3v) is 3.89. The molecule has 3 nitrogen and oxygen atoms in total. The van der Waals surface area contributed by atoms with Crippen LogP contribution < -0.4 is 5.73 Å². The summed E-state index contributed by atoms with van der Waals surface area (Å²) in [7, 11) is 0. The molecule has 0 aliphatic heterocycles. The number of rotatable bonds is 3. The molecule has 0 atom stereocenters. The van der Waals surface area contributed by atoms with E-state index in [1.54, 1.807) is 23.9 Å². The van der Waals surface area contributed by atoms with Crippen LogP contribution in [-0.2, 0) is 0 Å². The van der Waals surface area contributed by atoms with E-state index >= 15 is 0 Å². The van der Waals surface area contributed by atoms with E-state index in [0.29, 0.717) is 10.6 Å². The summed E-state index contributed by atoms with van der Waals surface area (Å²) in [5, 5.41) is 12.1. The first-order valence-corrected chi connectivity index (χ1v) is 6.81. The van der Waals surface area contributed by atoms with Crippen LogP contribution in [0.4, 0.5) is 0 Å². The van der Waals surface area contributed by atoms with E-state index in [1.807, 2.05) is 6.07 Å². The molecule has 0 heterocycles. The normalized spacial score (nSPS) is 11.6. The molecule has 5 heteroatoms. The van der Waals surface area contributed by atoms with Gasteiger partial charge in [0, 0.05) is 15.4 Å². The number of nitrogens with two attached hydrogens (primary N) is 1. The Morgan fingerprint density at radius 2 is 1.79 bits per heavy atom. The van der Waals surface area contributed by atoms with Crippen molar-refractivity contribution in [2.75, 3.05) is 0 Å². The summed E-state index contributed by atoms with van der Waals surface area (Å²) in [6.45, 7) is 2.05. The number of hydrogen-bond acceptors (Lipinski definition) is 3. The summed E-state index contributed by atoms with van der Waals surface area (Å²) < 4.78 is 0. The molecule has 0 aliphatic carbocycles. The maximum Gasteiger partial charge on any atom is 0.171 e. The maximum atomic E-state index is 8.64. The summed E-state index contributed by atoms with van der Waals surface area (Å²) in [4.78, 5) is 2.14. The number of oxime groups is 1. The summed E-state index contributed by atoms with van der Waals surface area (Å²) >= 11 is 7.72. The standard InChI is InChI=1S/C14H13ClN2OS/c1-9-2-4-10(5-3-9)19-11-6-7-12(13(15)8-11)14(16)17-18/h2-8,18H,1H3,(H2,16,17). The number of hydrogen-bond donors (Lipinski definition) is 2. The number of benzene rings is 2. The van der Waals surface area contributed by atoms with E-state index in [0.717, 1.165) is 9.79 Å². The molecule has 2 aromatic rings. The van der Waals surface area contributed by atoms with Crippen LogP contribution in [-0.4, -0.2) is 11.0 Å². The second-order valence-electron chi connectivity index (χ2n) is 4.04. The van der Waals surface area contributed by atoms with Crippen LogP contribution in [0.2, 0.25) is 5.02 Å². The van der Waals surface area contributed by atoms with Gasteiger partial charge in [-0.1, -0.05) is 46.2 Å². The van der Waals surface area contributed by atoms with E-state index < -0.39 is 0 Å². The fraction of sp³-hybridized carbons (Fsp3) is 0.0714. The van der Waals surface area contributed by atoms with E-state index in [9.17, 15) is 0 Å². The zero-order valence-corrected chi connectivity index (χ0v) is 11.9.